The van der Waals surface area contributed by atoms with Crippen LogP contribution >= 0.6 is 0 Å². The lowest BCUT2D eigenvalue weighted by Gasteiger charge is -2.29. The Balaban J connectivity index is 2.83. The third kappa shape index (κ3) is 3.50. The highest BCUT2D eigenvalue weighted by Crippen LogP contribution is 2.15. The zero-order chi connectivity index (χ0) is 11.3. The number of hydrogen-bond donors (Lipinski definition) is 1. The van der Waals surface area contributed by atoms with Gasteiger partial charge in [-0.1, -0.05) is 36.9 Å². The maximum absolute atomic E-state index is 8.97. The molecule has 15 heavy (non-hydrogen) atoms. The van der Waals surface area contributed by atoms with Crippen molar-refractivity contribution in [3.63, 3.8) is 0 Å². The summed E-state index contributed by atoms with van der Waals surface area (Å²) in [6.07, 6.45) is 1.88. The molecule has 82 valence electrons. The molecule has 0 fully saturated rings. The van der Waals surface area contributed by atoms with Crippen LogP contribution in [0.4, 0.5) is 0 Å². The van der Waals surface area contributed by atoms with Gasteiger partial charge in [0.15, 0.2) is 0 Å². The van der Waals surface area contributed by atoms with Gasteiger partial charge < -0.3 is 9.59 Å². The molecule has 0 spiro atoms. The first-order valence-corrected chi connectivity index (χ1v) is 5.22. The molecule has 1 aromatic rings. The van der Waals surface area contributed by atoms with E-state index < -0.39 is 0 Å². The Morgan fingerprint density at radius 3 is 2.60 bits per heavy atom. The van der Waals surface area contributed by atoms with E-state index in [0.29, 0.717) is 0 Å². The second kappa shape index (κ2) is 5.10. The normalized spacial score (nSPS) is 11.4. The van der Waals surface area contributed by atoms with Crippen molar-refractivity contribution in [3.8, 4) is 0 Å². The van der Waals surface area contributed by atoms with Gasteiger partial charge in [0.1, 0.15) is 13.1 Å². The van der Waals surface area contributed by atoms with Gasteiger partial charge in [0.2, 0.25) is 0 Å². The molecule has 0 heterocycles. The van der Waals surface area contributed by atoms with Crippen LogP contribution in [0, 0.1) is 0 Å². The topological polar surface area (TPSA) is 20.2 Å². The van der Waals surface area contributed by atoms with E-state index in [1.54, 1.807) is 0 Å². The summed E-state index contributed by atoms with van der Waals surface area (Å²) in [5, 5.41) is 8.97. The lowest BCUT2D eigenvalue weighted by molar-refractivity contribution is -0.903. The SMILES string of the molecule is C=Cc1ccccc1C[N+](C)(C)CCO. The maximum Gasteiger partial charge on any atom is 0.105 e. The molecule has 1 N–H and O–H groups in total. The van der Waals surface area contributed by atoms with Crippen molar-refractivity contribution in [1.29, 1.82) is 0 Å². The van der Waals surface area contributed by atoms with E-state index in [2.05, 4.69) is 32.8 Å². The van der Waals surface area contributed by atoms with Gasteiger partial charge in [-0.3, -0.25) is 0 Å². The fraction of sp³-hybridized carbons (Fsp3) is 0.385. The largest absolute Gasteiger partial charge is 0.391 e. The summed E-state index contributed by atoms with van der Waals surface area (Å²) in [7, 11) is 4.24. The fourth-order valence-corrected chi connectivity index (χ4v) is 1.69. The molecule has 0 saturated heterocycles. The molecular formula is C13H20NO+. The Hall–Kier alpha value is -1.12. The summed E-state index contributed by atoms with van der Waals surface area (Å²) < 4.78 is 0.793. The lowest BCUT2D eigenvalue weighted by Crippen LogP contribution is -2.41. The Labute approximate surface area is 92.1 Å². The molecular weight excluding hydrogens is 186 g/mol. The van der Waals surface area contributed by atoms with E-state index in [1.807, 2.05) is 18.2 Å². The van der Waals surface area contributed by atoms with Crippen LogP contribution in [-0.2, 0) is 6.54 Å². The number of quaternary nitrogens is 1. The minimum Gasteiger partial charge on any atom is -0.391 e. The fourth-order valence-electron chi connectivity index (χ4n) is 1.69. The second-order valence-corrected chi connectivity index (χ2v) is 4.44. The van der Waals surface area contributed by atoms with Gasteiger partial charge in [-0.15, -0.1) is 0 Å². The van der Waals surface area contributed by atoms with Crippen LogP contribution in [0.25, 0.3) is 6.08 Å². The summed E-state index contributed by atoms with van der Waals surface area (Å²) in [4.78, 5) is 0. The van der Waals surface area contributed by atoms with Crippen molar-refractivity contribution in [2.75, 3.05) is 27.2 Å². The van der Waals surface area contributed by atoms with Gasteiger partial charge in [-0.25, -0.2) is 0 Å². The third-order valence-corrected chi connectivity index (χ3v) is 2.58. The highest BCUT2D eigenvalue weighted by Gasteiger charge is 2.15. The molecule has 0 saturated carbocycles. The van der Waals surface area contributed by atoms with E-state index in [0.717, 1.165) is 17.6 Å². The molecule has 0 aromatic heterocycles. The minimum absolute atomic E-state index is 0.225. The van der Waals surface area contributed by atoms with Gasteiger partial charge in [0, 0.05) is 5.56 Å². The standard InChI is InChI=1S/C13H20NO/c1-4-12-7-5-6-8-13(12)11-14(2,3)9-10-15/h4-8,15H,1,9-11H2,2-3H3/q+1. The van der Waals surface area contributed by atoms with E-state index in [4.69, 9.17) is 5.11 Å². The van der Waals surface area contributed by atoms with E-state index in [-0.39, 0.29) is 6.61 Å². The van der Waals surface area contributed by atoms with Crippen molar-refractivity contribution in [2.24, 2.45) is 0 Å². The number of aliphatic hydroxyl groups is 1. The minimum atomic E-state index is 0.225. The number of benzene rings is 1. The zero-order valence-electron chi connectivity index (χ0n) is 9.61. The Morgan fingerprint density at radius 2 is 2.00 bits per heavy atom. The lowest BCUT2D eigenvalue weighted by atomic mass is 10.1. The Kier molecular flexibility index (Phi) is 4.06. The van der Waals surface area contributed by atoms with Gasteiger partial charge >= 0.3 is 0 Å². The van der Waals surface area contributed by atoms with E-state index in [9.17, 15) is 0 Å². The zero-order valence-corrected chi connectivity index (χ0v) is 9.61. The van der Waals surface area contributed by atoms with Crippen molar-refractivity contribution in [2.45, 2.75) is 6.54 Å². The first kappa shape index (κ1) is 12.0. The second-order valence-electron chi connectivity index (χ2n) is 4.44. The quantitative estimate of drug-likeness (QED) is 0.730. The van der Waals surface area contributed by atoms with Crippen molar-refractivity contribution < 1.29 is 9.59 Å². The smallest absolute Gasteiger partial charge is 0.105 e. The first-order chi connectivity index (χ1) is 7.09. The van der Waals surface area contributed by atoms with Gasteiger partial charge in [-0.2, -0.15) is 0 Å². The van der Waals surface area contributed by atoms with E-state index >= 15 is 0 Å². The molecule has 0 bridgehead atoms. The molecule has 0 aliphatic carbocycles. The van der Waals surface area contributed by atoms with Crippen molar-refractivity contribution in [1.82, 2.24) is 0 Å². The molecule has 0 aliphatic rings. The average Bonchev–Trinajstić information content (AvgIpc) is 2.17. The maximum atomic E-state index is 8.97. The predicted molar refractivity (Wildman–Crippen MR) is 64.3 cm³/mol. The molecule has 0 aliphatic heterocycles. The third-order valence-electron chi connectivity index (χ3n) is 2.58. The Morgan fingerprint density at radius 1 is 1.33 bits per heavy atom. The predicted octanol–water partition coefficient (Wildman–Crippen LogP) is 1.90. The molecule has 0 unspecified atom stereocenters. The van der Waals surface area contributed by atoms with Crippen LogP contribution in [0.15, 0.2) is 30.8 Å². The summed E-state index contributed by atoms with van der Waals surface area (Å²) in [5.41, 5.74) is 2.47. The molecule has 1 aromatic carbocycles. The highest BCUT2D eigenvalue weighted by atomic mass is 16.3. The summed E-state index contributed by atoms with van der Waals surface area (Å²) in [6, 6.07) is 8.25. The van der Waals surface area contributed by atoms with Gasteiger partial charge in [0.05, 0.1) is 20.7 Å². The van der Waals surface area contributed by atoms with Gasteiger partial charge in [0.25, 0.3) is 0 Å². The summed E-state index contributed by atoms with van der Waals surface area (Å²) in [6.45, 7) is 5.73. The number of hydrogen-bond acceptors (Lipinski definition) is 1. The van der Waals surface area contributed by atoms with Crippen LogP contribution in [0.1, 0.15) is 11.1 Å². The van der Waals surface area contributed by atoms with Crippen molar-refractivity contribution in [3.05, 3.63) is 42.0 Å². The monoisotopic (exact) mass is 206 g/mol. The molecule has 0 atom stereocenters. The number of nitrogens with zero attached hydrogens (tertiary/aromatic N) is 1. The molecule has 2 nitrogen and oxygen atoms in total. The summed E-state index contributed by atoms with van der Waals surface area (Å²) in [5.74, 6) is 0. The van der Waals surface area contributed by atoms with Crippen LogP contribution in [0.2, 0.25) is 0 Å². The van der Waals surface area contributed by atoms with Crippen LogP contribution in [-0.4, -0.2) is 36.8 Å². The summed E-state index contributed by atoms with van der Waals surface area (Å²) >= 11 is 0. The number of aliphatic hydroxyl groups excluding tert-OH is 1. The Bertz CT molecular complexity index is 331. The number of rotatable bonds is 5. The van der Waals surface area contributed by atoms with Crippen LogP contribution < -0.4 is 0 Å². The molecule has 0 radical (unpaired) electrons. The van der Waals surface area contributed by atoms with Crippen molar-refractivity contribution >= 4 is 6.08 Å². The molecule has 0 amide bonds. The molecule has 2 heteroatoms. The van der Waals surface area contributed by atoms with Crippen LogP contribution in [0.5, 0.6) is 0 Å². The van der Waals surface area contributed by atoms with Crippen LogP contribution in [0.3, 0.4) is 0 Å². The first-order valence-electron chi connectivity index (χ1n) is 5.22. The van der Waals surface area contributed by atoms with Gasteiger partial charge in [-0.05, 0) is 5.56 Å². The average molecular weight is 206 g/mol. The number of likely N-dealkylation sites (N-methyl/N-ethyl adjacent to an activating group) is 1. The molecule has 1 rings (SSSR count). The van der Waals surface area contributed by atoms with E-state index in [1.165, 1.54) is 11.1 Å². The highest BCUT2D eigenvalue weighted by molar-refractivity contribution is 5.51.